The molecular formula is C22H21FN7OP. The van der Waals surface area contributed by atoms with Crippen molar-refractivity contribution in [2.75, 3.05) is 12.8 Å². The van der Waals surface area contributed by atoms with E-state index in [1.165, 1.54) is 12.3 Å². The van der Waals surface area contributed by atoms with Crippen LogP contribution in [0.15, 0.2) is 55.1 Å². The Kier molecular flexibility index (Phi) is 4.86. The van der Waals surface area contributed by atoms with E-state index in [0.717, 1.165) is 11.2 Å². The van der Waals surface area contributed by atoms with Gasteiger partial charge < -0.3 is 8.97 Å². The molecule has 8 nitrogen and oxygen atoms in total. The molecule has 2 unspecified atom stereocenters. The Morgan fingerprint density at radius 3 is 2.78 bits per heavy atom. The van der Waals surface area contributed by atoms with Crippen LogP contribution in [0.2, 0.25) is 0 Å². The van der Waals surface area contributed by atoms with Crippen molar-refractivity contribution in [2.24, 2.45) is 0 Å². The molecule has 2 atom stereocenters. The van der Waals surface area contributed by atoms with Gasteiger partial charge >= 0.3 is 0 Å². The molecule has 10 heteroatoms. The van der Waals surface area contributed by atoms with Crippen LogP contribution in [-0.2, 0) is 4.57 Å². The van der Waals surface area contributed by atoms with Crippen LogP contribution in [0.3, 0.4) is 0 Å². The Bertz CT molecular complexity index is 1510. The van der Waals surface area contributed by atoms with Gasteiger partial charge in [0.2, 0.25) is 0 Å². The van der Waals surface area contributed by atoms with E-state index in [-0.39, 0.29) is 11.2 Å². The van der Waals surface area contributed by atoms with Gasteiger partial charge in [-0.2, -0.15) is 9.61 Å². The summed E-state index contributed by atoms with van der Waals surface area (Å²) in [5, 5.41) is 13.3. The van der Waals surface area contributed by atoms with Crippen molar-refractivity contribution >= 4 is 23.9 Å². The summed E-state index contributed by atoms with van der Waals surface area (Å²) in [6, 6.07) is 8.60. The number of hydrogen-bond donors (Lipinski definition) is 0. The number of hydrogen-bond acceptors (Lipinski definition) is 6. The topological polar surface area (TPSA) is 90.3 Å². The minimum atomic E-state index is -2.71. The summed E-state index contributed by atoms with van der Waals surface area (Å²) < 4.78 is 30.9. The van der Waals surface area contributed by atoms with Gasteiger partial charge in [0.15, 0.2) is 5.82 Å². The average Bonchev–Trinajstić information content (AvgIpc) is 3.44. The van der Waals surface area contributed by atoms with Crippen molar-refractivity contribution in [3.8, 4) is 11.3 Å². The fraction of sp³-hybridized carbons (Fsp3) is 0.227. The van der Waals surface area contributed by atoms with Crippen LogP contribution in [0.5, 0.6) is 0 Å². The zero-order valence-electron chi connectivity index (χ0n) is 17.8. The van der Waals surface area contributed by atoms with Crippen molar-refractivity contribution in [1.82, 2.24) is 34.2 Å². The van der Waals surface area contributed by atoms with Crippen molar-refractivity contribution in [3.63, 3.8) is 0 Å². The van der Waals surface area contributed by atoms with Crippen LogP contribution < -0.4 is 5.30 Å². The monoisotopic (exact) mass is 449 g/mol. The predicted molar refractivity (Wildman–Crippen MR) is 120 cm³/mol. The highest BCUT2D eigenvalue weighted by atomic mass is 31.2. The number of benzene rings is 1. The molecule has 5 aromatic rings. The van der Waals surface area contributed by atoms with E-state index in [4.69, 9.17) is 0 Å². The molecule has 0 saturated carbocycles. The van der Waals surface area contributed by atoms with Gasteiger partial charge in [0.05, 0.1) is 6.20 Å². The van der Waals surface area contributed by atoms with Gasteiger partial charge in [-0.1, -0.05) is 26.0 Å². The highest BCUT2D eigenvalue weighted by Crippen LogP contribution is 2.40. The van der Waals surface area contributed by atoms with Gasteiger partial charge in [0, 0.05) is 41.5 Å². The number of rotatable bonds is 5. The molecule has 0 aliphatic heterocycles. The number of fused-ring (bicyclic) bond motifs is 2. The van der Waals surface area contributed by atoms with Gasteiger partial charge in [-0.25, -0.2) is 14.4 Å². The molecule has 0 radical (unpaired) electrons. The van der Waals surface area contributed by atoms with Crippen molar-refractivity contribution in [3.05, 3.63) is 72.3 Å². The van der Waals surface area contributed by atoms with Crippen LogP contribution >= 0.6 is 7.14 Å². The van der Waals surface area contributed by atoms with Crippen molar-refractivity contribution in [1.29, 1.82) is 0 Å². The predicted octanol–water partition coefficient (Wildman–Crippen LogP) is 3.76. The van der Waals surface area contributed by atoms with E-state index in [1.54, 1.807) is 36.4 Å². The van der Waals surface area contributed by atoms with Crippen molar-refractivity contribution < 1.29 is 8.96 Å². The minimum absolute atomic E-state index is 0.115. The lowest BCUT2D eigenvalue weighted by atomic mass is 10.0. The third-order valence-electron chi connectivity index (χ3n) is 5.81. The molecule has 162 valence electrons. The highest BCUT2D eigenvalue weighted by molar-refractivity contribution is 7.70. The summed E-state index contributed by atoms with van der Waals surface area (Å²) in [5.74, 6) is 0.370. The minimum Gasteiger partial charge on any atom is -0.319 e. The lowest BCUT2D eigenvalue weighted by molar-refractivity contribution is 0.582. The molecule has 1 aromatic carbocycles. The highest BCUT2D eigenvalue weighted by Gasteiger charge is 2.22. The molecular weight excluding hydrogens is 428 g/mol. The summed E-state index contributed by atoms with van der Waals surface area (Å²) >= 11 is 0. The van der Waals surface area contributed by atoms with Crippen LogP contribution in [0.25, 0.3) is 22.7 Å². The third kappa shape index (κ3) is 3.39. The first-order chi connectivity index (χ1) is 15.4. The second-order valence-corrected chi connectivity index (χ2v) is 11.2. The van der Waals surface area contributed by atoms with Gasteiger partial charge in [-0.15, -0.1) is 10.2 Å². The molecule has 0 spiro atoms. The normalized spacial score (nSPS) is 14.6. The van der Waals surface area contributed by atoms with E-state index in [2.05, 4.69) is 25.3 Å². The third-order valence-corrected chi connectivity index (χ3v) is 8.40. The molecule has 4 aromatic heterocycles. The zero-order chi connectivity index (χ0) is 22.5. The first-order valence-electron chi connectivity index (χ1n) is 10.3. The quantitative estimate of drug-likeness (QED) is 0.380. The summed E-state index contributed by atoms with van der Waals surface area (Å²) in [7, 11) is -2.71. The molecule has 0 saturated heterocycles. The molecule has 0 aliphatic carbocycles. The molecule has 0 amide bonds. The fourth-order valence-electron chi connectivity index (χ4n) is 3.68. The van der Waals surface area contributed by atoms with E-state index in [1.807, 2.05) is 35.9 Å². The fourth-order valence-corrected chi connectivity index (χ4v) is 4.92. The first-order valence-corrected chi connectivity index (χ1v) is 12.6. The molecule has 0 aliphatic rings. The maximum absolute atomic E-state index is 14.7. The summed E-state index contributed by atoms with van der Waals surface area (Å²) in [4.78, 5) is 8.62. The Hall–Kier alpha value is -3.45. The molecule has 32 heavy (non-hydrogen) atoms. The summed E-state index contributed by atoms with van der Waals surface area (Å²) in [6.45, 7) is 5.41. The Morgan fingerprint density at radius 1 is 1.16 bits per heavy atom. The molecule has 4 heterocycles. The second-order valence-electron chi connectivity index (χ2n) is 7.87. The van der Waals surface area contributed by atoms with E-state index < -0.39 is 13.0 Å². The average molecular weight is 449 g/mol. The molecule has 0 fully saturated rings. The molecule has 0 bridgehead atoms. The van der Waals surface area contributed by atoms with Crippen molar-refractivity contribution in [2.45, 2.75) is 19.8 Å². The number of nitrogens with zero attached hydrogens (tertiary/aromatic N) is 7. The lowest BCUT2D eigenvalue weighted by Gasteiger charge is -2.13. The maximum Gasteiger partial charge on any atom is 0.271 e. The van der Waals surface area contributed by atoms with Gasteiger partial charge in [0.1, 0.15) is 24.3 Å². The second kappa shape index (κ2) is 7.60. The number of imidazole rings is 1. The standard InChI is InChI=1S/C22H21FN7OP/c1-4-32(3,31)19-7-5-15(11-17(19)23)18-12-25-22-27-26-21(30(22)28-18)14(2)16-6-8-20-24-9-10-29(20)13-16/h5-14H,4H2,1-3H3. The van der Waals surface area contributed by atoms with Crippen LogP contribution in [0.1, 0.15) is 31.2 Å². The summed E-state index contributed by atoms with van der Waals surface area (Å²) in [6.07, 6.45) is 7.57. The molecule has 5 rings (SSSR count). The lowest BCUT2D eigenvalue weighted by Crippen LogP contribution is -2.11. The van der Waals surface area contributed by atoms with E-state index in [9.17, 15) is 8.96 Å². The SMILES string of the molecule is CCP(C)(=O)c1ccc(-c2cnc3nnc(C(C)c4ccc5nccn5c4)n3n2)cc1F. The maximum atomic E-state index is 14.7. The number of aromatic nitrogens is 7. The number of pyridine rings is 1. The zero-order valence-corrected chi connectivity index (χ0v) is 18.7. The van der Waals surface area contributed by atoms with E-state index >= 15 is 0 Å². The van der Waals surface area contributed by atoms with Crippen LogP contribution in [0.4, 0.5) is 4.39 Å². The largest absolute Gasteiger partial charge is 0.319 e. The Morgan fingerprint density at radius 2 is 2.00 bits per heavy atom. The smallest absolute Gasteiger partial charge is 0.271 e. The van der Waals surface area contributed by atoms with Gasteiger partial charge in [0.25, 0.3) is 5.78 Å². The van der Waals surface area contributed by atoms with Crippen LogP contribution in [-0.4, -0.2) is 47.0 Å². The first kappa shape index (κ1) is 20.5. The Balaban J connectivity index is 1.55. The van der Waals surface area contributed by atoms with Gasteiger partial charge in [-0.05, 0) is 30.4 Å². The van der Waals surface area contributed by atoms with E-state index in [0.29, 0.717) is 29.0 Å². The summed E-state index contributed by atoms with van der Waals surface area (Å²) in [5.41, 5.74) is 2.90. The van der Waals surface area contributed by atoms with Gasteiger partial charge in [-0.3, -0.25) is 0 Å². The van der Waals surface area contributed by atoms with Crippen LogP contribution in [0, 0.1) is 5.82 Å². The Labute approximate surface area is 183 Å². The number of halogens is 1. The molecule has 0 N–H and O–H groups in total.